The zero-order chi connectivity index (χ0) is 9.14. The molecule has 0 saturated heterocycles. The third-order valence-electron chi connectivity index (χ3n) is 1.53. The summed E-state index contributed by atoms with van der Waals surface area (Å²) in [7, 11) is 0. The first kappa shape index (κ1) is 8.52. The maximum Gasteiger partial charge on any atom is 0.269 e. The first-order chi connectivity index (χ1) is 5.65. The van der Waals surface area contributed by atoms with E-state index in [1.165, 1.54) is 18.2 Å². The smallest absolute Gasteiger partial charge is 0.269 e. The lowest BCUT2D eigenvalue weighted by molar-refractivity contribution is -0.384. The summed E-state index contributed by atoms with van der Waals surface area (Å²) in [5.74, 6) is 0.0584. The fourth-order valence-corrected chi connectivity index (χ4v) is 0.887. The lowest BCUT2D eigenvalue weighted by atomic mass is 10.1. The summed E-state index contributed by atoms with van der Waals surface area (Å²) >= 11 is 0. The molecule has 0 heterocycles. The van der Waals surface area contributed by atoms with E-state index in [4.69, 9.17) is 5.11 Å². The van der Waals surface area contributed by atoms with Gasteiger partial charge in [0.05, 0.1) is 4.92 Å². The molecule has 63 valence electrons. The summed E-state index contributed by atoms with van der Waals surface area (Å²) in [6.07, 6.45) is 1.61. The van der Waals surface area contributed by atoms with Gasteiger partial charge in [-0.25, -0.2) is 0 Å². The van der Waals surface area contributed by atoms with E-state index in [0.29, 0.717) is 5.56 Å². The standard InChI is InChI=1S/C8H8NO3/c1-2-6-5-7(9(11)12)3-4-8(6)10/h2-5,10H,1H3. The van der Waals surface area contributed by atoms with Gasteiger partial charge in [0, 0.05) is 17.7 Å². The number of rotatable bonds is 2. The Kier molecular flexibility index (Phi) is 2.28. The highest BCUT2D eigenvalue weighted by Gasteiger charge is 2.08. The molecular weight excluding hydrogens is 158 g/mol. The zero-order valence-corrected chi connectivity index (χ0v) is 6.52. The maximum absolute atomic E-state index is 10.3. The molecule has 0 fully saturated rings. The quantitative estimate of drug-likeness (QED) is 0.538. The Balaban J connectivity index is 3.13. The average Bonchev–Trinajstić information content (AvgIpc) is 2.05. The number of non-ortho nitro benzene ring substituents is 1. The van der Waals surface area contributed by atoms with Crippen LogP contribution >= 0.6 is 0 Å². The number of benzene rings is 1. The van der Waals surface area contributed by atoms with Crippen LogP contribution in [0.5, 0.6) is 5.75 Å². The van der Waals surface area contributed by atoms with Crippen LogP contribution in [0.15, 0.2) is 18.2 Å². The predicted molar refractivity (Wildman–Crippen MR) is 43.8 cm³/mol. The number of phenols is 1. The molecule has 12 heavy (non-hydrogen) atoms. The molecule has 0 aromatic heterocycles. The van der Waals surface area contributed by atoms with Crippen molar-refractivity contribution in [3.05, 3.63) is 40.3 Å². The molecule has 4 heteroatoms. The van der Waals surface area contributed by atoms with Gasteiger partial charge < -0.3 is 5.11 Å². The minimum atomic E-state index is -0.494. The summed E-state index contributed by atoms with van der Waals surface area (Å²) in [5.41, 5.74) is 0.463. The van der Waals surface area contributed by atoms with Crippen molar-refractivity contribution in [3.8, 4) is 5.75 Å². The van der Waals surface area contributed by atoms with Crippen molar-refractivity contribution in [1.82, 2.24) is 0 Å². The topological polar surface area (TPSA) is 63.4 Å². The van der Waals surface area contributed by atoms with E-state index in [1.54, 1.807) is 13.3 Å². The van der Waals surface area contributed by atoms with E-state index in [0.717, 1.165) is 0 Å². The Morgan fingerprint density at radius 2 is 2.25 bits per heavy atom. The van der Waals surface area contributed by atoms with Gasteiger partial charge in [-0.15, -0.1) is 0 Å². The molecule has 1 radical (unpaired) electrons. The van der Waals surface area contributed by atoms with Gasteiger partial charge in [0.15, 0.2) is 0 Å². The van der Waals surface area contributed by atoms with E-state index in [2.05, 4.69) is 0 Å². The molecule has 0 aliphatic heterocycles. The molecule has 0 aliphatic carbocycles. The van der Waals surface area contributed by atoms with Crippen LogP contribution < -0.4 is 0 Å². The number of nitro groups is 1. The molecule has 0 bridgehead atoms. The summed E-state index contributed by atoms with van der Waals surface area (Å²) in [4.78, 5) is 9.80. The van der Waals surface area contributed by atoms with Crippen LogP contribution in [-0.2, 0) is 0 Å². The summed E-state index contributed by atoms with van der Waals surface area (Å²) in [6.45, 7) is 1.71. The zero-order valence-electron chi connectivity index (χ0n) is 6.52. The highest BCUT2D eigenvalue weighted by molar-refractivity contribution is 5.45. The molecule has 1 aromatic carbocycles. The van der Waals surface area contributed by atoms with Crippen molar-refractivity contribution in [2.45, 2.75) is 6.92 Å². The van der Waals surface area contributed by atoms with Crippen molar-refractivity contribution < 1.29 is 10.0 Å². The number of hydrogen-bond acceptors (Lipinski definition) is 3. The third kappa shape index (κ3) is 1.53. The fraction of sp³-hybridized carbons (Fsp3) is 0.125. The molecule has 0 amide bonds. The molecule has 1 N–H and O–H groups in total. The van der Waals surface area contributed by atoms with Gasteiger partial charge in [-0.3, -0.25) is 10.1 Å². The van der Waals surface area contributed by atoms with Crippen molar-refractivity contribution in [1.29, 1.82) is 0 Å². The van der Waals surface area contributed by atoms with Crippen LogP contribution in [0, 0.1) is 16.5 Å². The Hall–Kier alpha value is -1.58. The largest absolute Gasteiger partial charge is 0.508 e. The summed E-state index contributed by atoms with van der Waals surface area (Å²) in [6, 6.07) is 3.91. The van der Waals surface area contributed by atoms with E-state index in [-0.39, 0.29) is 11.4 Å². The van der Waals surface area contributed by atoms with Crippen molar-refractivity contribution in [2.75, 3.05) is 0 Å². The first-order valence-electron chi connectivity index (χ1n) is 3.42. The van der Waals surface area contributed by atoms with Gasteiger partial charge in [0.2, 0.25) is 0 Å². The van der Waals surface area contributed by atoms with Crippen molar-refractivity contribution in [3.63, 3.8) is 0 Å². The van der Waals surface area contributed by atoms with E-state index < -0.39 is 4.92 Å². The lowest BCUT2D eigenvalue weighted by Crippen LogP contribution is -1.89. The molecule has 0 aliphatic rings. The molecule has 1 aromatic rings. The Morgan fingerprint density at radius 3 is 2.75 bits per heavy atom. The number of phenolic OH excluding ortho intramolecular Hbond substituents is 1. The monoisotopic (exact) mass is 166 g/mol. The highest BCUT2D eigenvalue weighted by atomic mass is 16.6. The van der Waals surface area contributed by atoms with Crippen LogP contribution in [0.4, 0.5) is 5.69 Å². The highest BCUT2D eigenvalue weighted by Crippen LogP contribution is 2.23. The van der Waals surface area contributed by atoms with Crippen molar-refractivity contribution in [2.24, 2.45) is 0 Å². The van der Waals surface area contributed by atoms with Crippen LogP contribution in [0.25, 0.3) is 0 Å². The second-order valence-corrected chi connectivity index (χ2v) is 2.29. The lowest BCUT2D eigenvalue weighted by Gasteiger charge is -1.99. The second-order valence-electron chi connectivity index (χ2n) is 2.29. The summed E-state index contributed by atoms with van der Waals surface area (Å²) in [5, 5.41) is 19.5. The number of aromatic hydroxyl groups is 1. The van der Waals surface area contributed by atoms with Gasteiger partial charge in [-0.05, 0) is 12.5 Å². The number of hydrogen-bond donors (Lipinski definition) is 1. The molecule has 0 atom stereocenters. The number of nitro benzene ring substituents is 1. The van der Waals surface area contributed by atoms with Gasteiger partial charge in [-0.2, -0.15) is 0 Å². The van der Waals surface area contributed by atoms with E-state index in [9.17, 15) is 10.1 Å². The van der Waals surface area contributed by atoms with Crippen LogP contribution in [0.2, 0.25) is 0 Å². The van der Waals surface area contributed by atoms with Gasteiger partial charge >= 0.3 is 0 Å². The Morgan fingerprint density at radius 1 is 1.58 bits per heavy atom. The van der Waals surface area contributed by atoms with Crippen LogP contribution in [0.1, 0.15) is 12.5 Å². The third-order valence-corrected chi connectivity index (χ3v) is 1.53. The van der Waals surface area contributed by atoms with Crippen molar-refractivity contribution >= 4 is 5.69 Å². The Labute approximate surface area is 69.6 Å². The molecule has 1 rings (SSSR count). The predicted octanol–water partition coefficient (Wildman–Crippen LogP) is 1.87. The first-order valence-corrected chi connectivity index (χ1v) is 3.42. The second kappa shape index (κ2) is 3.21. The molecule has 0 saturated carbocycles. The average molecular weight is 166 g/mol. The van der Waals surface area contributed by atoms with Crippen LogP contribution in [0.3, 0.4) is 0 Å². The minimum Gasteiger partial charge on any atom is -0.508 e. The molecule has 4 nitrogen and oxygen atoms in total. The fourth-order valence-electron chi connectivity index (χ4n) is 0.887. The summed E-state index contributed by atoms with van der Waals surface area (Å²) < 4.78 is 0. The minimum absolute atomic E-state index is 0.0131. The van der Waals surface area contributed by atoms with Gasteiger partial charge in [-0.1, -0.05) is 6.92 Å². The number of nitrogens with zero attached hydrogens (tertiary/aromatic N) is 1. The van der Waals surface area contributed by atoms with Gasteiger partial charge in [0.1, 0.15) is 5.75 Å². The molecule has 0 spiro atoms. The molecule has 0 unspecified atom stereocenters. The van der Waals surface area contributed by atoms with Gasteiger partial charge in [0.25, 0.3) is 5.69 Å². The van der Waals surface area contributed by atoms with E-state index in [1.807, 2.05) is 0 Å². The van der Waals surface area contributed by atoms with Crippen LogP contribution in [-0.4, -0.2) is 10.0 Å². The molecular formula is C8H8NO3. The Bertz CT molecular complexity index is 309. The van der Waals surface area contributed by atoms with E-state index >= 15 is 0 Å². The normalized spacial score (nSPS) is 9.75. The maximum atomic E-state index is 10.3. The SMILES string of the molecule is C[CH]c1cc([N+](=O)[O-])ccc1O.